The number of aliphatic hydroxyl groups excluding tert-OH is 1. The van der Waals surface area contributed by atoms with Gasteiger partial charge in [-0.2, -0.15) is 0 Å². The van der Waals surface area contributed by atoms with Crippen LogP contribution < -0.4 is 0 Å². The number of carbonyl (C=O) groups excluding carboxylic acids is 1. The van der Waals surface area contributed by atoms with Crippen molar-refractivity contribution >= 4 is 5.91 Å². The Labute approximate surface area is 79.4 Å². The Morgan fingerprint density at radius 2 is 1.85 bits per heavy atom. The fourth-order valence-corrected chi connectivity index (χ4v) is 1.10. The molecular formula is C9H19NO3. The zero-order valence-electron chi connectivity index (χ0n) is 8.94. The van der Waals surface area contributed by atoms with Gasteiger partial charge in [-0.05, 0) is 5.92 Å². The molecule has 0 rings (SSSR count). The van der Waals surface area contributed by atoms with E-state index in [1.54, 1.807) is 6.92 Å². The second-order valence-corrected chi connectivity index (χ2v) is 3.54. The van der Waals surface area contributed by atoms with Crippen LogP contribution in [0.4, 0.5) is 0 Å². The van der Waals surface area contributed by atoms with Gasteiger partial charge in [0.2, 0.25) is 0 Å². The van der Waals surface area contributed by atoms with E-state index in [1.165, 1.54) is 14.2 Å². The summed E-state index contributed by atoms with van der Waals surface area (Å²) < 4.78 is 0. The molecule has 1 amide bonds. The highest BCUT2D eigenvalue weighted by Crippen LogP contribution is 2.14. The largest absolute Gasteiger partial charge is 0.392 e. The van der Waals surface area contributed by atoms with Gasteiger partial charge in [0.25, 0.3) is 5.91 Å². The monoisotopic (exact) mass is 189 g/mol. The van der Waals surface area contributed by atoms with Gasteiger partial charge in [-0.1, -0.05) is 20.8 Å². The molecule has 0 aromatic heterocycles. The molecule has 0 aromatic carbocycles. The molecule has 0 saturated heterocycles. The Balaban J connectivity index is 4.25. The van der Waals surface area contributed by atoms with E-state index in [0.717, 1.165) is 5.06 Å². The summed E-state index contributed by atoms with van der Waals surface area (Å²) in [4.78, 5) is 16.2. The van der Waals surface area contributed by atoms with E-state index in [-0.39, 0.29) is 11.8 Å². The van der Waals surface area contributed by atoms with Crippen molar-refractivity contribution in [1.29, 1.82) is 0 Å². The number of aliphatic hydroxyl groups is 1. The maximum atomic E-state index is 11.5. The molecule has 0 spiro atoms. The minimum atomic E-state index is -0.620. The van der Waals surface area contributed by atoms with Gasteiger partial charge < -0.3 is 5.11 Å². The Morgan fingerprint density at radius 3 is 2.15 bits per heavy atom. The van der Waals surface area contributed by atoms with Crippen LogP contribution >= 0.6 is 0 Å². The van der Waals surface area contributed by atoms with Crippen LogP contribution in [-0.2, 0) is 9.63 Å². The number of hydrogen-bond acceptors (Lipinski definition) is 3. The SMILES string of the molecule is CON(C)C(=O)[C@@H](C)[C@@H](O)C(C)C. The molecule has 0 heterocycles. The number of hydroxylamine groups is 2. The van der Waals surface area contributed by atoms with Crippen LogP contribution in [-0.4, -0.2) is 36.3 Å². The molecule has 0 fully saturated rings. The van der Waals surface area contributed by atoms with Crippen molar-refractivity contribution in [2.75, 3.05) is 14.2 Å². The molecule has 0 aromatic rings. The number of nitrogens with zero attached hydrogens (tertiary/aromatic N) is 1. The molecule has 0 bridgehead atoms. The van der Waals surface area contributed by atoms with E-state index < -0.39 is 12.0 Å². The summed E-state index contributed by atoms with van der Waals surface area (Å²) in [5.74, 6) is -0.558. The van der Waals surface area contributed by atoms with E-state index in [1.807, 2.05) is 13.8 Å². The van der Waals surface area contributed by atoms with Crippen molar-refractivity contribution < 1.29 is 14.7 Å². The lowest BCUT2D eigenvalue weighted by Gasteiger charge is -2.24. The van der Waals surface area contributed by atoms with Gasteiger partial charge in [0.1, 0.15) is 0 Å². The van der Waals surface area contributed by atoms with Crippen molar-refractivity contribution in [2.24, 2.45) is 11.8 Å². The van der Waals surface area contributed by atoms with E-state index in [0.29, 0.717) is 0 Å². The normalized spacial score (nSPS) is 15.6. The topological polar surface area (TPSA) is 49.8 Å². The van der Waals surface area contributed by atoms with Crippen LogP contribution in [0.25, 0.3) is 0 Å². The summed E-state index contributed by atoms with van der Waals surface area (Å²) in [6.45, 7) is 5.45. The summed E-state index contributed by atoms with van der Waals surface area (Å²) in [5, 5.41) is 10.7. The van der Waals surface area contributed by atoms with Gasteiger partial charge in [0.05, 0.1) is 19.1 Å². The van der Waals surface area contributed by atoms with E-state index in [9.17, 15) is 9.90 Å². The maximum absolute atomic E-state index is 11.5. The molecule has 0 unspecified atom stereocenters. The second-order valence-electron chi connectivity index (χ2n) is 3.54. The molecule has 0 radical (unpaired) electrons. The van der Waals surface area contributed by atoms with Crippen molar-refractivity contribution in [1.82, 2.24) is 5.06 Å². The second kappa shape index (κ2) is 5.19. The number of rotatable bonds is 4. The molecule has 0 aliphatic carbocycles. The molecule has 4 nitrogen and oxygen atoms in total. The van der Waals surface area contributed by atoms with Gasteiger partial charge in [-0.25, -0.2) is 5.06 Å². The molecule has 0 saturated carbocycles. The number of carbonyl (C=O) groups is 1. The molecule has 0 aliphatic heterocycles. The highest BCUT2D eigenvalue weighted by Gasteiger charge is 2.26. The van der Waals surface area contributed by atoms with Gasteiger partial charge >= 0.3 is 0 Å². The highest BCUT2D eigenvalue weighted by molar-refractivity contribution is 5.77. The minimum Gasteiger partial charge on any atom is -0.392 e. The molecular weight excluding hydrogens is 170 g/mol. The van der Waals surface area contributed by atoms with Crippen molar-refractivity contribution in [2.45, 2.75) is 26.9 Å². The average Bonchev–Trinajstić information content (AvgIpc) is 2.12. The van der Waals surface area contributed by atoms with Crippen molar-refractivity contribution in [3.8, 4) is 0 Å². The first-order valence-corrected chi connectivity index (χ1v) is 4.41. The Kier molecular flexibility index (Phi) is 4.95. The first kappa shape index (κ1) is 12.4. The third-order valence-electron chi connectivity index (χ3n) is 2.17. The van der Waals surface area contributed by atoms with Crippen molar-refractivity contribution in [3.63, 3.8) is 0 Å². The van der Waals surface area contributed by atoms with Crippen LogP contribution in [0.3, 0.4) is 0 Å². The van der Waals surface area contributed by atoms with Crippen molar-refractivity contribution in [3.05, 3.63) is 0 Å². The van der Waals surface area contributed by atoms with E-state index >= 15 is 0 Å². The quantitative estimate of drug-likeness (QED) is 0.661. The fourth-order valence-electron chi connectivity index (χ4n) is 1.10. The summed E-state index contributed by atoms with van der Waals surface area (Å²) >= 11 is 0. The Morgan fingerprint density at radius 1 is 1.38 bits per heavy atom. The Hall–Kier alpha value is -0.610. The van der Waals surface area contributed by atoms with Gasteiger partial charge in [0, 0.05) is 7.05 Å². The predicted molar refractivity (Wildman–Crippen MR) is 49.8 cm³/mol. The molecule has 13 heavy (non-hydrogen) atoms. The van der Waals surface area contributed by atoms with Gasteiger partial charge in [0.15, 0.2) is 0 Å². The minimum absolute atomic E-state index is 0.0733. The van der Waals surface area contributed by atoms with Crippen LogP contribution in [0.15, 0.2) is 0 Å². The summed E-state index contributed by atoms with van der Waals surface area (Å²) in [6, 6.07) is 0. The first-order chi connectivity index (χ1) is 5.91. The number of hydrogen-bond donors (Lipinski definition) is 1. The lowest BCUT2D eigenvalue weighted by molar-refractivity contribution is -0.177. The van der Waals surface area contributed by atoms with Gasteiger partial charge in [-0.3, -0.25) is 9.63 Å². The molecule has 78 valence electrons. The zero-order valence-corrected chi connectivity index (χ0v) is 8.94. The van der Waals surface area contributed by atoms with Crippen LogP contribution in [0, 0.1) is 11.8 Å². The predicted octanol–water partition coefficient (Wildman–Crippen LogP) is 0.659. The number of amides is 1. The molecule has 1 N–H and O–H groups in total. The summed E-state index contributed by atoms with van der Waals surface area (Å²) in [5.41, 5.74) is 0. The van der Waals surface area contributed by atoms with Crippen LogP contribution in [0.5, 0.6) is 0 Å². The first-order valence-electron chi connectivity index (χ1n) is 4.41. The van der Waals surface area contributed by atoms with Crippen LogP contribution in [0.1, 0.15) is 20.8 Å². The summed E-state index contributed by atoms with van der Waals surface area (Å²) in [6.07, 6.45) is -0.620. The Bertz CT molecular complexity index is 170. The molecule has 4 heteroatoms. The van der Waals surface area contributed by atoms with Crippen LogP contribution in [0.2, 0.25) is 0 Å². The third-order valence-corrected chi connectivity index (χ3v) is 2.17. The maximum Gasteiger partial charge on any atom is 0.251 e. The zero-order chi connectivity index (χ0) is 10.6. The lowest BCUT2D eigenvalue weighted by Crippen LogP contribution is -2.38. The third kappa shape index (κ3) is 3.32. The van der Waals surface area contributed by atoms with E-state index in [2.05, 4.69) is 0 Å². The standard InChI is InChI=1S/C9H19NO3/c1-6(2)8(11)7(3)9(12)10(4)13-5/h6-8,11H,1-5H3/t7-,8-/m0/s1. The fraction of sp³-hybridized carbons (Fsp3) is 0.889. The molecule has 0 aliphatic rings. The van der Waals surface area contributed by atoms with E-state index in [4.69, 9.17) is 4.84 Å². The average molecular weight is 189 g/mol. The smallest absolute Gasteiger partial charge is 0.251 e. The van der Waals surface area contributed by atoms with Gasteiger partial charge in [-0.15, -0.1) is 0 Å². The summed E-state index contributed by atoms with van der Waals surface area (Å²) in [7, 11) is 2.96. The molecule has 2 atom stereocenters. The lowest BCUT2D eigenvalue weighted by atomic mass is 9.94. The highest BCUT2D eigenvalue weighted by atomic mass is 16.7.